The highest BCUT2D eigenvalue weighted by Gasteiger charge is 2.52. The van der Waals surface area contributed by atoms with E-state index in [1.807, 2.05) is 0 Å². The Morgan fingerprint density at radius 2 is 1.58 bits per heavy atom. The first-order valence-electron chi connectivity index (χ1n) is 9.90. The normalized spacial score (nSPS) is 24.7. The molecule has 0 radical (unpaired) electrons. The minimum absolute atomic E-state index is 0.291. The molecule has 13 heteroatoms. The fourth-order valence-electron chi connectivity index (χ4n) is 3.30. The van der Waals surface area contributed by atoms with Gasteiger partial charge in [0, 0.05) is 40.1 Å². The summed E-state index contributed by atoms with van der Waals surface area (Å²) in [5.74, 6) is -2.62. The maximum absolute atomic E-state index is 11.9. The average Bonchev–Trinajstić information content (AvgIpc) is 3.13. The van der Waals surface area contributed by atoms with Crippen LogP contribution in [0.1, 0.15) is 27.7 Å². The molecule has 5 atom stereocenters. The van der Waals surface area contributed by atoms with Crippen molar-refractivity contribution in [2.45, 2.75) is 62.7 Å². The number of nitrogens with zero attached hydrogens (tertiary/aromatic N) is 3. The van der Waals surface area contributed by atoms with E-state index in [4.69, 9.17) is 23.7 Å². The van der Waals surface area contributed by atoms with Crippen LogP contribution in [-0.4, -0.2) is 74.7 Å². The van der Waals surface area contributed by atoms with Crippen molar-refractivity contribution in [3.05, 3.63) is 24.8 Å². The van der Waals surface area contributed by atoms with Crippen LogP contribution in [0.4, 0.5) is 0 Å². The van der Waals surface area contributed by atoms with E-state index in [1.165, 1.54) is 27.7 Å². The van der Waals surface area contributed by atoms with E-state index >= 15 is 0 Å². The van der Waals surface area contributed by atoms with E-state index in [0.29, 0.717) is 10.7 Å². The first kappa shape index (κ1) is 24.5. The molecule has 0 N–H and O–H groups in total. The van der Waals surface area contributed by atoms with Gasteiger partial charge in [0.05, 0.1) is 17.9 Å². The molecular weight excluding hydrogens is 458 g/mol. The van der Waals surface area contributed by atoms with Crippen LogP contribution in [0.15, 0.2) is 29.9 Å². The average molecular weight is 481 g/mol. The van der Waals surface area contributed by atoms with Crippen molar-refractivity contribution in [1.29, 1.82) is 0 Å². The van der Waals surface area contributed by atoms with Crippen molar-refractivity contribution < 1.29 is 42.9 Å². The second kappa shape index (κ2) is 10.6. The predicted molar refractivity (Wildman–Crippen MR) is 111 cm³/mol. The quantitative estimate of drug-likeness (QED) is 0.409. The third kappa shape index (κ3) is 6.20. The van der Waals surface area contributed by atoms with Crippen molar-refractivity contribution in [2.24, 2.45) is 0 Å². The number of hydrogen-bond donors (Lipinski definition) is 0. The Labute approximate surface area is 192 Å². The van der Waals surface area contributed by atoms with Crippen LogP contribution in [0.2, 0.25) is 0 Å². The number of thioether (sulfide) groups is 1. The first-order chi connectivity index (χ1) is 15.7. The molecule has 1 fully saturated rings. The molecular formula is C20H23N3O9S. The molecule has 0 amide bonds. The Balaban J connectivity index is 2.00. The van der Waals surface area contributed by atoms with E-state index in [1.54, 1.807) is 29.2 Å². The van der Waals surface area contributed by atoms with Crippen LogP contribution in [0.5, 0.6) is 0 Å². The van der Waals surface area contributed by atoms with Crippen molar-refractivity contribution in [3.8, 4) is 0 Å². The highest BCUT2D eigenvalue weighted by atomic mass is 32.2. The fourth-order valence-corrected chi connectivity index (χ4v) is 4.44. The minimum atomic E-state index is -1.23. The second-order valence-corrected chi connectivity index (χ2v) is 8.16. The molecule has 3 heterocycles. The number of hydrogen-bond acceptors (Lipinski definition) is 12. The summed E-state index contributed by atoms with van der Waals surface area (Å²) < 4.78 is 29.1. The number of rotatable bonds is 7. The third-order valence-electron chi connectivity index (χ3n) is 4.47. The number of carbonyl (C=O) groups is 4. The van der Waals surface area contributed by atoms with E-state index in [2.05, 4.69) is 9.97 Å². The van der Waals surface area contributed by atoms with Crippen LogP contribution in [0.25, 0.3) is 5.52 Å². The summed E-state index contributed by atoms with van der Waals surface area (Å²) in [5, 5.41) is 0.480. The maximum atomic E-state index is 11.9. The Hall–Kier alpha value is -3.19. The molecule has 3 rings (SSSR count). The molecule has 178 valence electrons. The van der Waals surface area contributed by atoms with Crippen LogP contribution in [0, 0.1) is 0 Å². The Morgan fingerprint density at radius 1 is 0.939 bits per heavy atom. The van der Waals surface area contributed by atoms with Crippen molar-refractivity contribution in [1.82, 2.24) is 14.4 Å². The molecule has 1 saturated heterocycles. The smallest absolute Gasteiger partial charge is 0.303 e. The molecule has 1 aliphatic rings. The van der Waals surface area contributed by atoms with Crippen molar-refractivity contribution in [3.63, 3.8) is 0 Å². The minimum Gasteiger partial charge on any atom is -0.463 e. The Kier molecular flexibility index (Phi) is 7.87. The summed E-state index contributed by atoms with van der Waals surface area (Å²) in [6, 6.07) is 0. The van der Waals surface area contributed by atoms with Crippen LogP contribution in [0.3, 0.4) is 0 Å². The zero-order valence-electron chi connectivity index (χ0n) is 18.3. The van der Waals surface area contributed by atoms with Crippen LogP contribution < -0.4 is 0 Å². The molecule has 0 aromatic carbocycles. The number of carbonyl (C=O) groups excluding carboxylic acids is 4. The monoisotopic (exact) mass is 481 g/mol. The lowest BCUT2D eigenvalue weighted by molar-refractivity contribution is -0.237. The molecule has 0 spiro atoms. The topological polar surface area (TPSA) is 145 Å². The van der Waals surface area contributed by atoms with Crippen molar-refractivity contribution in [2.75, 3.05) is 6.61 Å². The molecule has 12 nitrogen and oxygen atoms in total. The summed E-state index contributed by atoms with van der Waals surface area (Å²) in [4.78, 5) is 55.3. The van der Waals surface area contributed by atoms with Crippen LogP contribution >= 0.6 is 11.8 Å². The standard InChI is InChI=1S/C20H23N3O9S/c1-10(24)28-9-15-16(29-11(2)25)17(30-12(3)26)18(31-13(4)27)19(32-15)33-20-22-8-14-7-21-5-6-23(14)20/h5-8,15-19H,9H2,1-4H3. The zero-order valence-corrected chi connectivity index (χ0v) is 19.1. The van der Waals surface area contributed by atoms with Gasteiger partial charge in [-0.15, -0.1) is 0 Å². The Morgan fingerprint density at radius 3 is 2.21 bits per heavy atom. The molecule has 0 saturated carbocycles. The van der Waals surface area contributed by atoms with Gasteiger partial charge in [0.1, 0.15) is 12.7 Å². The summed E-state index contributed by atoms with van der Waals surface area (Å²) in [6.07, 6.45) is 1.87. The molecule has 2 aromatic heterocycles. The third-order valence-corrected chi connectivity index (χ3v) is 5.59. The number of aromatic nitrogens is 3. The molecule has 5 unspecified atom stereocenters. The van der Waals surface area contributed by atoms with Gasteiger partial charge in [0.15, 0.2) is 28.9 Å². The fraction of sp³-hybridized carbons (Fsp3) is 0.500. The summed E-state index contributed by atoms with van der Waals surface area (Å²) in [5.41, 5.74) is -0.241. The summed E-state index contributed by atoms with van der Waals surface area (Å²) in [7, 11) is 0. The van der Waals surface area contributed by atoms with Gasteiger partial charge >= 0.3 is 23.9 Å². The predicted octanol–water partition coefficient (Wildman–Crippen LogP) is 0.904. The van der Waals surface area contributed by atoms with E-state index in [0.717, 1.165) is 11.8 Å². The molecule has 0 aliphatic carbocycles. The van der Waals surface area contributed by atoms with E-state index in [-0.39, 0.29) is 6.61 Å². The van der Waals surface area contributed by atoms with Gasteiger partial charge < -0.3 is 23.7 Å². The van der Waals surface area contributed by atoms with E-state index in [9.17, 15) is 19.2 Å². The van der Waals surface area contributed by atoms with Gasteiger partial charge in [-0.1, -0.05) is 11.8 Å². The second-order valence-electron chi connectivity index (χ2n) is 7.10. The number of esters is 4. The molecule has 1 aliphatic heterocycles. The lowest BCUT2D eigenvalue weighted by Gasteiger charge is -2.43. The van der Waals surface area contributed by atoms with Gasteiger partial charge in [-0.2, -0.15) is 0 Å². The van der Waals surface area contributed by atoms with Gasteiger partial charge in [-0.3, -0.25) is 28.6 Å². The van der Waals surface area contributed by atoms with Gasteiger partial charge in [0.25, 0.3) is 0 Å². The largest absolute Gasteiger partial charge is 0.463 e. The lowest BCUT2D eigenvalue weighted by Crippen LogP contribution is -2.61. The summed E-state index contributed by atoms with van der Waals surface area (Å²) >= 11 is 1.09. The highest BCUT2D eigenvalue weighted by molar-refractivity contribution is 7.99. The number of fused-ring (bicyclic) bond motifs is 1. The van der Waals surface area contributed by atoms with Crippen LogP contribution in [-0.2, 0) is 42.9 Å². The molecule has 0 bridgehead atoms. The molecule has 2 aromatic rings. The molecule has 33 heavy (non-hydrogen) atoms. The lowest BCUT2D eigenvalue weighted by atomic mass is 9.99. The highest BCUT2D eigenvalue weighted by Crippen LogP contribution is 2.37. The number of ether oxygens (including phenoxy) is 5. The number of imidazole rings is 1. The SMILES string of the molecule is CC(=O)OCC1OC(Sc2ncc3cnccn23)C(OC(C)=O)C(OC(C)=O)C1OC(C)=O. The zero-order chi connectivity index (χ0) is 24.1. The van der Waals surface area contributed by atoms with Gasteiger partial charge in [0.2, 0.25) is 0 Å². The maximum Gasteiger partial charge on any atom is 0.303 e. The first-order valence-corrected chi connectivity index (χ1v) is 10.8. The van der Waals surface area contributed by atoms with Gasteiger partial charge in [-0.25, -0.2) is 4.98 Å². The Bertz CT molecular complexity index is 1040. The van der Waals surface area contributed by atoms with E-state index < -0.39 is 53.7 Å². The summed E-state index contributed by atoms with van der Waals surface area (Å²) in [6.45, 7) is 4.45. The van der Waals surface area contributed by atoms with Crippen molar-refractivity contribution >= 4 is 41.2 Å². The van der Waals surface area contributed by atoms with Gasteiger partial charge in [-0.05, 0) is 0 Å².